The molecule has 1 aromatic carbocycles. The first-order valence-corrected chi connectivity index (χ1v) is 7.92. The molecular weight excluding hydrogens is 296 g/mol. The van der Waals surface area contributed by atoms with E-state index in [4.69, 9.17) is 9.47 Å². The molecule has 1 amide bonds. The fourth-order valence-corrected chi connectivity index (χ4v) is 2.52. The van der Waals surface area contributed by atoms with Gasteiger partial charge in [0.2, 0.25) is 0 Å². The Hall–Kier alpha value is -1.95. The van der Waals surface area contributed by atoms with Crippen LogP contribution >= 0.6 is 0 Å². The molecule has 1 fully saturated rings. The van der Waals surface area contributed by atoms with Crippen molar-refractivity contribution in [2.75, 3.05) is 18.6 Å². The van der Waals surface area contributed by atoms with Crippen LogP contribution in [0, 0.1) is 12.1 Å². The molecule has 1 atom stereocenters. The Morgan fingerprint density at radius 1 is 1.39 bits per heavy atom. The monoisotopic (exact) mass is 321 g/mol. The quantitative estimate of drug-likeness (QED) is 0.860. The van der Waals surface area contributed by atoms with Crippen molar-refractivity contribution in [1.82, 2.24) is 4.90 Å². The molecule has 0 saturated carbocycles. The number of benzene rings is 1. The third-order valence-corrected chi connectivity index (χ3v) is 3.57. The molecule has 2 rings (SSSR count). The lowest BCUT2D eigenvalue weighted by Crippen LogP contribution is -2.46. The maximum atomic E-state index is 12.2. The van der Waals surface area contributed by atoms with Crippen molar-refractivity contribution in [3.63, 3.8) is 0 Å². The van der Waals surface area contributed by atoms with E-state index in [-0.39, 0.29) is 12.2 Å². The van der Waals surface area contributed by atoms with Gasteiger partial charge in [0.05, 0.1) is 12.2 Å². The second-order valence-corrected chi connectivity index (χ2v) is 6.91. The summed E-state index contributed by atoms with van der Waals surface area (Å²) in [5.41, 5.74) is 2.80. The molecule has 1 aliphatic rings. The molecule has 6 nitrogen and oxygen atoms in total. The van der Waals surface area contributed by atoms with Crippen molar-refractivity contribution >= 4 is 11.8 Å². The number of nitrogens with zero attached hydrogens (tertiary/aromatic N) is 1. The Morgan fingerprint density at radius 3 is 2.78 bits per heavy atom. The fraction of sp³-hybridized carbons (Fsp3) is 0.588. The first-order chi connectivity index (χ1) is 10.8. The Labute approximate surface area is 137 Å². The van der Waals surface area contributed by atoms with E-state index in [1.807, 2.05) is 45.3 Å². The number of carbonyl (C=O) groups is 1. The highest BCUT2D eigenvalue weighted by molar-refractivity contribution is 5.68. The Morgan fingerprint density at radius 2 is 2.13 bits per heavy atom. The van der Waals surface area contributed by atoms with E-state index >= 15 is 0 Å². The molecule has 0 radical (unpaired) electrons. The van der Waals surface area contributed by atoms with Crippen molar-refractivity contribution in [2.45, 2.75) is 52.2 Å². The minimum absolute atomic E-state index is 0.148. The van der Waals surface area contributed by atoms with Gasteiger partial charge in [-0.25, -0.2) is 4.79 Å². The van der Waals surface area contributed by atoms with Gasteiger partial charge in [-0.05, 0) is 58.2 Å². The molecule has 0 aliphatic carbocycles. The number of ether oxygens (including phenoxy) is 2. The van der Waals surface area contributed by atoms with Crippen LogP contribution in [0.3, 0.4) is 0 Å². The summed E-state index contributed by atoms with van der Waals surface area (Å²) in [5.74, 6) is 0.524. The molecule has 0 bridgehead atoms. The Bertz CT molecular complexity index is 554. The lowest BCUT2D eigenvalue weighted by Gasteiger charge is -2.34. The lowest BCUT2D eigenvalue weighted by atomic mass is 10.1. The van der Waals surface area contributed by atoms with Gasteiger partial charge >= 0.3 is 6.09 Å². The van der Waals surface area contributed by atoms with Crippen molar-refractivity contribution in [3.8, 4) is 5.75 Å². The summed E-state index contributed by atoms with van der Waals surface area (Å²) in [6.45, 7) is 8.61. The van der Waals surface area contributed by atoms with E-state index in [1.54, 1.807) is 11.0 Å². The number of hydrogen-bond donors (Lipinski definition) is 1. The summed E-state index contributed by atoms with van der Waals surface area (Å²) in [7, 11) is 0. The second-order valence-electron chi connectivity index (χ2n) is 6.91. The molecule has 1 aromatic rings. The molecule has 1 aliphatic heterocycles. The first kappa shape index (κ1) is 17.4. The summed E-state index contributed by atoms with van der Waals surface area (Å²) < 4.78 is 11.4. The Kier molecular flexibility index (Phi) is 5.36. The van der Waals surface area contributed by atoms with Crippen LogP contribution in [-0.4, -0.2) is 35.8 Å². The van der Waals surface area contributed by atoms with Crippen molar-refractivity contribution < 1.29 is 14.3 Å². The van der Waals surface area contributed by atoms with Gasteiger partial charge in [0.25, 0.3) is 0 Å². The highest BCUT2D eigenvalue weighted by Crippen LogP contribution is 2.28. The number of likely N-dealkylation sites (tertiary alicyclic amines) is 1. The largest absolute Gasteiger partial charge is 0.761 e. The van der Waals surface area contributed by atoms with Gasteiger partial charge in [0.1, 0.15) is 17.5 Å². The van der Waals surface area contributed by atoms with Crippen LogP contribution in [0.4, 0.5) is 10.5 Å². The maximum absolute atomic E-state index is 12.2. The zero-order valence-electron chi connectivity index (χ0n) is 14.2. The van der Waals surface area contributed by atoms with Gasteiger partial charge in [0, 0.05) is 6.54 Å². The lowest BCUT2D eigenvalue weighted by molar-refractivity contribution is 0.00784. The highest BCUT2D eigenvalue weighted by atomic mass is 16.6. The smallest absolute Gasteiger partial charge is 0.410 e. The van der Waals surface area contributed by atoms with Crippen molar-refractivity contribution in [2.24, 2.45) is 0 Å². The molecule has 6 heteroatoms. The van der Waals surface area contributed by atoms with Crippen LogP contribution in [0.5, 0.6) is 5.75 Å². The van der Waals surface area contributed by atoms with E-state index in [2.05, 4.69) is 0 Å². The molecule has 0 spiro atoms. The van der Waals surface area contributed by atoms with Gasteiger partial charge in [-0.2, -0.15) is 0 Å². The molecule has 1 heterocycles. The van der Waals surface area contributed by atoms with E-state index < -0.39 is 5.60 Å². The number of piperidine rings is 1. The van der Waals surface area contributed by atoms with Crippen LogP contribution in [0.25, 0.3) is 0 Å². The van der Waals surface area contributed by atoms with Crippen LogP contribution in [0.15, 0.2) is 18.2 Å². The van der Waals surface area contributed by atoms with E-state index in [9.17, 15) is 10.0 Å². The van der Waals surface area contributed by atoms with Crippen LogP contribution in [0.1, 0.15) is 39.2 Å². The molecule has 0 aromatic heterocycles. The number of amides is 1. The number of carbonyl (C=O) groups excluding carboxylic acids is 1. The predicted molar refractivity (Wildman–Crippen MR) is 89.6 cm³/mol. The molecule has 128 valence electrons. The minimum Gasteiger partial charge on any atom is -0.761 e. The average Bonchev–Trinajstić information content (AvgIpc) is 2.46. The number of nitrogens with one attached hydrogen (secondary N) is 1. The minimum atomic E-state index is -0.513. The number of anilines is 1. The summed E-state index contributed by atoms with van der Waals surface area (Å²) in [4.78, 5) is 13.8. The van der Waals surface area contributed by atoms with Crippen molar-refractivity contribution in [1.29, 1.82) is 0 Å². The standard InChI is InChI=1S/C17H25N2O4/c1-12-7-8-14(18-21)15(10-12)22-13-6-5-9-19(11-13)16(20)23-17(2,3)4/h7-8,10,13,18H,5-6,9,11H2,1-4H3/q-1/t13-/m0/s1. The summed E-state index contributed by atoms with van der Waals surface area (Å²) >= 11 is 0. The van der Waals surface area contributed by atoms with Crippen LogP contribution < -0.4 is 10.2 Å². The van der Waals surface area contributed by atoms with Gasteiger partial charge in [-0.15, -0.1) is 0 Å². The van der Waals surface area contributed by atoms with Gasteiger partial charge in [0.15, 0.2) is 0 Å². The summed E-state index contributed by atoms with van der Waals surface area (Å²) in [5, 5.41) is 11.0. The topological polar surface area (TPSA) is 73.9 Å². The molecule has 1 saturated heterocycles. The normalized spacial score (nSPS) is 18.5. The molecular formula is C17H25N2O4-. The van der Waals surface area contributed by atoms with Crippen molar-refractivity contribution in [3.05, 3.63) is 29.0 Å². The molecule has 0 unspecified atom stereocenters. The zero-order chi connectivity index (χ0) is 17.0. The second kappa shape index (κ2) is 7.08. The maximum Gasteiger partial charge on any atom is 0.410 e. The van der Waals surface area contributed by atoms with Gasteiger partial charge in [-0.1, -0.05) is 6.07 Å². The van der Waals surface area contributed by atoms with Crippen LogP contribution in [0.2, 0.25) is 0 Å². The fourth-order valence-electron chi connectivity index (χ4n) is 2.52. The molecule has 23 heavy (non-hydrogen) atoms. The van der Waals surface area contributed by atoms with Crippen LogP contribution in [-0.2, 0) is 4.74 Å². The van der Waals surface area contributed by atoms with E-state index in [0.29, 0.717) is 24.5 Å². The van der Waals surface area contributed by atoms with Gasteiger partial charge < -0.3 is 25.1 Å². The third kappa shape index (κ3) is 5.03. The number of hydrogen-bond acceptors (Lipinski definition) is 5. The third-order valence-electron chi connectivity index (χ3n) is 3.57. The number of rotatable bonds is 3. The van der Waals surface area contributed by atoms with E-state index in [1.165, 1.54) is 0 Å². The number of aryl methyl sites for hydroxylation is 1. The predicted octanol–water partition coefficient (Wildman–Crippen LogP) is 3.68. The average molecular weight is 321 g/mol. The first-order valence-electron chi connectivity index (χ1n) is 7.92. The summed E-state index contributed by atoms with van der Waals surface area (Å²) in [6, 6.07) is 5.37. The SMILES string of the molecule is Cc1ccc(N[O-])c(O[C@H]2CCCN(C(=O)OC(C)(C)C)C2)c1. The van der Waals surface area contributed by atoms with Gasteiger partial charge in [-0.3, -0.25) is 0 Å². The summed E-state index contributed by atoms with van der Waals surface area (Å²) in [6.07, 6.45) is 1.21. The van der Waals surface area contributed by atoms with E-state index in [0.717, 1.165) is 18.4 Å². The highest BCUT2D eigenvalue weighted by Gasteiger charge is 2.28. The Balaban J connectivity index is 2.02. The molecule has 1 N–H and O–H groups in total. The zero-order valence-corrected chi connectivity index (χ0v) is 14.2.